The summed E-state index contributed by atoms with van der Waals surface area (Å²) in [7, 11) is 0. The van der Waals surface area contributed by atoms with E-state index in [9.17, 15) is 18.0 Å². The molecule has 0 aliphatic heterocycles. The van der Waals surface area contributed by atoms with Gasteiger partial charge in [0.05, 0.1) is 5.33 Å². The lowest BCUT2D eigenvalue weighted by atomic mass is 10.1. The van der Waals surface area contributed by atoms with Crippen LogP contribution < -0.4 is 5.73 Å². The van der Waals surface area contributed by atoms with E-state index in [0.29, 0.717) is 0 Å². The summed E-state index contributed by atoms with van der Waals surface area (Å²) in [6.07, 6.45) is -5.04. The number of rotatable bonds is 2. The molecule has 0 saturated carbocycles. The molecule has 0 aliphatic carbocycles. The first-order valence-electron chi connectivity index (χ1n) is 2.40. The summed E-state index contributed by atoms with van der Waals surface area (Å²) < 4.78 is 35.3. The van der Waals surface area contributed by atoms with Gasteiger partial charge in [0, 0.05) is 0 Å². The van der Waals surface area contributed by atoms with E-state index in [1.165, 1.54) is 0 Å². The van der Waals surface area contributed by atoms with Gasteiger partial charge in [-0.15, -0.1) is 0 Å². The Hall–Kier alpha value is -0.300. The van der Waals surface area contributed by atoms with Crippen molar-refractivity contribution in [3.63, 3.8) is 0 Å². The molecular formula is C4H5BrF3NO2. The van der Waals surface area contributed by atoms with E-state index in [2.05, 4.69) is 21.7 Å². The molecule has 0 saturated heterocycles. The molecule has 1 atom stereocenters. The van der Waals surface area contributed by atoms with Gasteiger partial charge in [-0.25, -0.2) is 0 Å². The summed E-state index contributed by atoms with van der Waals surface area (Å²) in [6, 6.07) is 0. The van der Waals surface area contributed by atoms with Gasteiger partial charge >= 0.3 is 6.18 Å². The largest absolute Gasteiger partial charge is 0.427 e. The molecule has 0 aromatic heterocycles. The zero-order valence-corrected chi connectivity index (χ0v) is 6.74. The highest BCUT2D eigenvalue weighted by molar-refractivity contribution is 9.09. The van der Waals surface area contributed by atoms with Gasteiger partial charge in [-0.1, -0.05) is 15.9 Å². The SMILES string of the molecule is NC(=O)C(O)(CBr)C(F)(F)F. The summed E-state index contributed by atoms with van der Waals surface area (Å²) in [5.41, 5.74) is 0.863. The predicted molar refractivity (Wildman–Crippen MR) is 34.0 cm³/mol. The van der Waals surface area contributed by atoms with Crippen LogP contribution in [0.1, 0.15) is 0 Å². The highest BCUT2D eigenvalue weighted by Gasteiger charge is 2.57. The van der Waals surface area contributed by atoms with Crippen molar-refractivity contribution >= 4 is 21.8 Å². The number of aliphatic hydroxyl groups is 1. The number of halogens is 4. The quantitative estimate of drug-likeness (QED) is 0.670. The summed E-state index contributed by atoms with van der Waals surface area (Å²) >= 11 is 2.34. The minimum atomic E-state index is -5.04. The molecule has 0 heterocycles. The topological polar surface area (TPSA) is 63.3 Å². The zero-order chi connectivity index (χ0) is 9.28. The lowest BCUT2D eigenvalue weighted by Crippen LogP contribution is -2.56. The number of nitrogens with two attached hydrogens (primary N) is 1. The molecule has 66 valence electrons. The fourth-order valence-corrected chi connectivity index (χ4v) is 0.876. The predicted octanol–water partition coefficient (Wildman–Crippen LogP) is 0.160. The minimum absolute atomic E-state index is 0.959. The van der Waals surface area contributed by atoms with Gasteiger partial charge in [-0.3, -0.25) is 4.79 Å². The molecule has 3 N–H and O–H groups in total. The fraction of sp³-hybridized carbons (Fsp3) is 0.750. The van der Waals surface area contributed by atoms with Crippen LogP contribution in [-0.4, -0.2) is 28.1 Å². The third-order valence-corrected chi connectivity index (χ3v) is 1.88. The number of amides is 1. The maximum absolute atomic E-state index is 11.8. The molecule has 0 aromatic carbocycles. The Balaban J connectivity index is 4.75. The third kappa shape index (κ3) is 1.84. The normalized spacial score (nSPS) is 17.5. The molecule has 0 spiro atoms. The number of hydrogen-bond donors (Lipinski definition) is 2. The molecule has 0 aromatic rings. The van der Waals surface area contributed by atoms with Crippen LogP contribution in [0, 0.1) is 0 Å². The summed E-state index contributed by atoms with van der Waals surface area (Å²) in [6.45, 7) is 0. The lowest BCUT2D eigenvalue weighted by molar-refractivity contribution is -0.241. The van der Waals surface area contributed by atoms with Crippen molar-refractivity contribution in [3.8, 4) is 0 Å². The molecule has 0 bridgehead atoms. The fourth-order valence-electron chi connectivity index (χ4n) is 0.281. The molecule has 1 amide bonds. The molecule has 3 nitrogen and oxygen atoms in total. The Kier molecular flexibility index (Phi) is 2.90. The maximum Gasteiger partial charge on any atom is 0.427 e. The Bertz CT molecular complexity index is 171. The average molecular weight is 236 g/mol. The van der Waals surface area contributed by atoms with Crippen molar-refractivity contribution in [1.82, 2.24) is 0 Å². The van der Waals surface area contributed by atoms with Crippen molar-refractivity contribution in [3.05, 3.63) is 0 Å². The summed E-state index contributed by atoms with van der Waals surface area (Å²) in [4.78, 5) is 10.1. The molecule has 0 aliphatic rings. The van der Waals surface area contributed by atoms with E-state index < -0.39 is 23.0 Å². The third-order valence-electron chi connectivity index (χ3n) is 1.07. The van der Waals surface area contributed by atoms with Gasteiger partial charge in [-0.2, -0.15) is 13.2 Å². The highest BCUT2D eigenvalue weighted by atomic mass is 79.9. The van der Waals surface area contributed by atoms with E-state index in [4.69, 9.17) is 5.11 Å². The van der Waals surface area contributed by atoms with Crippen molar-refractivity contribution < 1.29 is 23.1 Å². The van der Waals surface area contributed by atoms with Crippen LogP contribution in [-0.2, 0) is 4.79 Å². The van der Waals surface area contributed by atoms with Crippen LogP contribution in [0.5, 0.6) is 0 Å². The molecule has 7 heteroatoms. The van der Waals surface area contributed by atoms with Crippen LogP contribution in [0.3, 0.4) is 0 Å². The first kappa shape index (κ1) is 10.7. The Labute approximate surface area is 68.5 Å². The Morgan fingerprint density at radius 2 is 1.91 bits per heavy atom. The van der Waals surface area contributed by atoms with E-state index in [-0.39, 0.29) is 0 Å². The van der Waals surface area contributed by atoms with Crippen molar-refractivity contribution in [2.45, 2.75) is 11.8 Å². The summed E-state index contributed by atoms with van der Waals surface area (Å²) in [5.74, 6) is -1.82. The minimum Gasteiger partial charge on any atom is -0.372 e. The van der Waals surface area contributed by atoms with E-state index >= 15 is 0 Å². The van der Waals surface area contributed by atoms with Gasteiger partial charge in [0.2, 0.25) is 5.60 Å². The maximum atomic E-state index is 11.8. The second-order valence-corrected chi connectivity index (χ2v) is 2.42. The van der Waals surface area contributed by atoms with E-state index in [0.717, 1.165) is 0 Å². The van der Waals surface area contributed by atoms with Crippen molar-refractivity contribution in [1.29, 1.82) is 0 Å². The van der Waals surface area contributed by atoms with Gasteiger partial charge in [0.25, 0.3) is 5.91 Å². The Morgan fingerprint density at radius 1 is 1.55 bits per heavy atom. The molecule has 0 fully saturated rings. The average Bonchev–Trinajstić information content (AvgIpc) is 1.83. The standard InChI is InChI=1S/C4H5BrF3NO2/c5-1-3(11,2(9)10)4(6,7)8/h11H,1H2,(H2,9,10). The number of carbonyl (C=O) groups is 1. The van der Waals surface area contributed by atoms with Gasteiger partial charge < -0.3 is 10.8 Å². The van der Waals surface area contributed by atoms with Gasteiger partial charge in [-0.05, 0) is 0 Å². The zero-order valence-electron chi connectivity index (χ0n) is 5.15. The summed E-state index contributed by atoms with van der Waals surface area (Å²) in [5, 5.41) is 7.63. The van der Waals surface area contributed by atoms with Crippen LogP contribution in [0.25, 0.3) is 0 Å². The molecular weight excluding hydrogens is 231 g/mol. The van der Waals surface area contributed by atoms with E-state index in [1.807, 2.05) is 0 Å². The molecule has 0 rings (SSSR count). The van der Waals surface area contributed by atoms with Gasteiger partial charge in [0.1, 0.15) is 0 Å². The van der Waals surface area contributed by atoms with Gasteiger partial charge in [0.15, 0.2) is 0 Å². The second-order valence-electron chi connectivity index (χ2n) is 1.86. The first-order chi connectivity index (χ1) is 4.75. The van der Waals surface area contributed by atoms with Crippen LogP contribution >= 0.6 is 15.9 Å². The van der Waals surface area contributed by atoms with Crippen molar-refractivity contribution in [2.75, 3.05) is 5.33 Å². The monoisotopic (exact) mass is 235 g/mol. The smallest absolute Gasteiger partial charge is 0.372 e. The lowest BCUT2D eigenvalue weighted by Gasteiger charge is -2.24. The molecule has 0 radical (unpaired) electrons. The number of hydrogen-bond acceptors (Lipinski definition) is 2. The highest BCUT2D eigenvalue weighted by Crippen LogP contribution is 2.31. The Morgan fingerprint density at radius 3 is 1.91 bits per heavy atom. The second kappa shape index (κ2) is 2.98. The first-order valence-corrected chi connectivity index (χ1v) is 3.53. The van der Waals surface area contributed by atoms with Crippen molar-refractivity contribution in [2.24, 2.45) is 5.73 Å². The molecule has 1 unspecified atom stereocenters. The number of carbonyl (C=O) groups excluding carboxylic acids is 1. The van der Waals surface area contributed by atoms with Crippen LogP contribution in [0.2, 0.25) is 0 Å². The molecule has 11 heavy (non-hydrogen) atoms. The van der Waals surface area contributed by atoms with Crippen LogP contribution in [0.4, 0.5) is 13.2 Å². The van der Waals surface area contributed by atoms with Crippen LogP contribution in [0.15, 0.2) is 0 Å². The number of alkyl halides is 4. The number of primary amides is 1. The van der Waals surface area contributed by atoms with E-state index in [1.54, 1.807) is 0 Å².